The van der Waals surface area contributed by atoms with Gasteiger partial charge in [0.15, 0.2) is 0 Å². The lowest BCUT2D eigenvalue weighted by molar-refractivity contribution is -0.121. The Bertz CT molecular complexity index is 413. The molecule has 0 saturated carbocycles. The minimum absolute atomic E-state index is 0.157. The summed E-state index contributed by atoms with van der Waals surface area (Å²) in [5.74, 6) is -0.139. The molecule has 0 aliphatic rings. The van der Waals surface area contributed by atoms with Crippen molar-refractivity contribution in [2.75, 3.05) is 6.54 Å². The molecule has 1 atom stereocenters. The third kappa shape index (κ3) is 20.2. The van der Waals surface area contributed by atoms with Crippen molar-refractivity contribution >= 4 is 11.8 Å². The van der Waals surface area contributed by atoms with Crippen molar-refractivity contribution in [1.29, 1.82) is 0 Å². The highest BCUT2D eigenvalue weighted by molar-refractivity contribution is 5.79. The largest absolute Gasteiger partial charge is 0.368 e. The van der Waals surface area contributed by atoms with Crippen molar-refractivity contribution in [2.24, 2.45) is 5.73 Å². The van der Waals surface area contributed by atoms with Crippen LogP contribution in [-0.2, 0) is 9.59 Å². The number of hydrogen-bond donors (Lipinski definition) is 3. The molecule has 0 heterocycles. The molecule has 0 rings (SSSR count). The molecule has 0 aromatic carbocycles. The molecule has 30 heavy (non-hydrogen) atoms. The van der Waals surface area contributed by atoms with Gasteiger partial charge in [-0.3, -0.25) is 9.59 Å². The molecule has 0 aliphatic heterocycles. The minimum atomic E-state index is -0.296. The number of nitrogens with one attached hydrogen (secondary N) is 2. The number of primary amides is 1. The fraction of sp³-hybridized carbons (Fsp3) is 0.920. The van der Waals surface area contributed by atoms with Crippen molar-refractivity contribution in [3.05, 3.63) is 0 Å². The normalized spacial score (nSPS) is 12.3. The van der Waals surface area contributed by atoms with Crippen LogP contribution < -0.4 is 16.4 Å². The highest BCUT2D eigenvalue weighted by Crippen LogP contribution is 2.13. The highest BCUT2D eigenvalue weighted by Gasteiger charge is 2.15. The Kier molecular flexibility index (Phi) is 20.4. The van der Waals surface area contributed by atoms with Crippen LogP contribution in [-0.4, -0.2) is 30.4 Å². The van der Waals surface area contributed by atoms with E-state index in [4.69, 9.17) is 5.73 Å². The first-order chi connectivity index (χ1) is 14.5. The van der Waals surface area contributed by atoms with Gasteiger partial charge in [0.05, 0.1) is 6.04 Å². The second-order valence-electron chi connectivity index (χ2n) is 9.11. The maximum absolute atomic E-state index is 11.9. The lowest BCUT2D eigenvalue weighted by Crippen LogP contribution is -2.44. The van der Waals surface area contributed by atoms with Crippen LogP contribution in [0.25, 0.3) is 0 Å². The summed E-state index contributed by atoms with van der Waals surface area (Å²) in [5, 5.41) is 6.18. The van der Waals surface area contributed by atoms with E-state index in [2.05, 4.69) is 17.6 Å². The smallest absolute Gasteiger partial charge is 0.234 e. The molecule has 0 unspecified atom stereocenters. The van der Waals surface area contributed by atoms with Gasteiger partial charge < -0.3 is 16.4 Å². The summed E-state index contributed by atoms with van der Waals surface area (Å²) in [6.45, 7) is 6.97. The maximum Gasteiger partial charge on any atom is 0.234 e. The summed E-state index contributed by atoms with van der Waals surface area (Å²) in [4.78, 5) is 23.3. The van der Waals surface area contributed by atoms with E-state index in [1.54, 1.807) is 0 Å². The van der Waals surface area contributed by atoms with Crippen molar-refractivity contribution in [2.45, 2.75) is 142 Å². The zero-order valence-electron chi connectivity index (χ0n) is 20.3. The van der Waals surface area contributed by atoms with Crippen LogP contribution >= 0.6 is 0 Å². The first-order valence-corrected chi connectivity index (χ1v) is 12.8. The highest BCUT2D eigenvalue weighted by atomic mass is 16.2. The van der Waals surface area contributed by atoms with Crippen LogP contribution in [0.3, 0.4) is 0 Å². The van der Waals surface area contributed by atoms with Crippen LogP contribution in [0.2, 0.25) is 0 Å². The van der Waals surface area contributed by atoms with Crippen LogP contribution in [0.4, 0.5) is 0 Å². The average molecular weight is 426 g/mol. The predicted octanol–water partition coefficient (Wildman–Crippen LogP) is 5.61. The van der Waals surface area contributed by atoms with E-state index >= 15 is 0 Å². The van der Waals surface area contributed by atoms with Gasteiger partial charge in [0.25, 0.3) is 0 Å². The number of carbonyl (C=O) groups is 2. The number of rotatable bonds is 22. The molecule has 0 aliphatic carbocycles. The third-order valence-electron chi connectivity index (χ3n) is 5.63. The van der Waals surface area contributed by atoms with Crippen molar-refractivity contribution in [3.63, 3.8) is 0 Å². The Hall–Kier alpha value is -1.10. The molecule has 0 saturated heterocycles. The molecule has 4 N–H and O–H groups in total. The van der Waals surface area contributed by atoms with Crippen molar-refractivity contribution < 1.29 is 9.59 Å². The molecular weight excluding hydrogens is 374 g/mol. The van der Waals surface area contributed by atoms with Crippen LogP contribution in [0, 0.1) is 0 Å². The fourth-order valence-electron chi connectivity index (χ4n) is 3.80. The van der Waals surface area contributed by atoms with E-state index in [9.17, 15) is 9.59 Å². The monoisotopic (exact) mass is 425 g/mol. The van der Waals surface area contributed by atoms with Gasteiger partial charge >= 0.3 is 0 Å². The lowest BCUT2D eigenvalue weighted by atomic mass is 10.0. The number of nitrogens with two attached hydrogens (primary N) is 1. The number of unbranched alkanes of at least 4 members (excludes halogenated alkanes) is 13. The van der Waals surface area contributed by atoms with Gasteiger partial charge in [-0.2, -0.15) is 0 Å². The van der Waals surface area contributed by atoms with Gasteiger partial charge in [-0.25, -0.2) is 0 Å². The summed E-state index contributed by atoms with van der Waals surface area (Å²) in [7, 11) is 0. The standard InChI is InChI=1S/C25H51N3O2/c1-4-5-6-7-8-9-10-11-12-13-14-15-16-20-24(29)27-21-18-17-19-23(25(26)30)28-22(2)3/h22-23,28H,4-21H2,1-3H3,(H2,26,30)(H,27,29)/t23-/m0/s1. The molecule has 0 fully saturated rings. The molecular formula is C25H51N3O2. The minimum Gasteiger partial charge on any atom is -0.368 e. The Morgan fingerprint density at radius 3 is 1.70 bits per heavy atom. The van der Waals surface area contributed by atoms with E-state index in [1.807, 2.05) is 13.8 Å². The van der Waals surface area contributed by atoms with Crippen molar-refractivity contribution in [3.8, 4) is 0 Å². The average Bonchev–Trinajstić information content (AvgIpc) is 2.70. The van der Waals surface area contributed by atoms with Crippen LogP contribution in [0.5, 0.6) is 0 Å². The fourth-order valence-corrected chi connectivity index (χ4v) is 3.80. The molecule has 5 heteroatoms. The maximum atomic E-state index is 11.9. The molecule has 0 aromatic heterocycles. The summed E-state index contributed by atoms with van der Waals surface area (Å²) < 4.78 is 0. The Morgan fingerprint density at radius 2 is 1.23 bits per heavy atom. The summed E-state index contributed by atoms with van der Waals surface area (Å²) in [5.41, 5.74) is 5.42. The molecule has 0 bridgehead atoms. The summed E-state index contributed by atoms with van der Waals surface area (Å²) in [6, 6.07) is -0.0333. The summed E-state index contributed by atoms with van der Waals surface area (Å²) >= 11 is 0. The number of carbonyl (C=O) groups excluding carboxylic acids is 2. The van der Waals surface area contributed by atoms with Crippen LogP contribution in [0.1, 0.15) is 130 Å². The van der Waals surface area contributed by atoms with Gasteiger partial charge in [-0.15, -0.1) is 0 Å². The predicted molar refractivity (Wildman–Crippen MR) is 128 cm³/mol. The van der Waals surface area contributed by atoms with Gasteiger partial charge in [0, 0.05) is 19.0 Å². The molecule has 178 valence electrons. The van der Waals surface area contributed by atoms with Gasteiger partial charge in [-0.05, 0) is 25.7 Å². The SMILES string of the molecule is CCCCCCCCCCCCCCCC(=O)NCCCC[C@H](NC(C)C)C(N)=O. The second-order valence-corrected chi connectivity index (χ2v) is 9.11. The van der Waals surface area contributed by atoms with Gasteiger partial charge in [-0.1, -0.05) is 97.8 Å². The Balaban J connectivity index is 3.39. The van der Waals surface area contributed by atoms with E-state index in [1.165, 1.54) is 70.6 Å². The molecule has 0 radical (unpaired) electrons. The zero-order chi connectivity index (χ0) is 22.5. The first-order valence-electron chi connectivity index (χ1n) is 12.8. The van der Waals surface area contributed by atoms with Gasteiger partial charge in [0.2, 0.25) is 11.8 Å². The topological polar surface area (TPSA) is 84.2 Å². The number of hydrogen-bond acceptors (Lipinski definition) is 3. The molecule has 0 spiro atoms. The third-order valence-corrected chi connectivity index (χ3v) is 5.63. The van der Waals surface area contributed by atoms with Crippen LogP contribution in [0.15, 0.2) is 0 Å². The molecule has 5 nitrogen and oxygen atoms in total. The van der Waals surface area contributed by atoms with E-state index in [-0.39, 0.29) is 23.9 Å². The Labute approximate surface area is 186 Å². The number of amides is 2. The van der Waals surface area contributed by atoms with E-state index in [0.29, 0.717) is 13.0 Å². The van der Waals surface area contributed by atoms with E-state index < -0.39 is 0 Å². The molecule has 2 amide bonds. The quantitative estimate of drug-likeness (QED) is 0.197. The Morgan fingerprint density at radius 1 is 0.733 bits per heavy atom. The molecule has 0 aromatic rings. The summed E-state index contributed by atoms with van der Waals surface area (Å²) in [6.07, 6.45) is 20.3. The van der Waals surface area contributed by atoms with E-state index in [0.717, 1.165) is 32.1 Å². The van der Waals surface area contributed by atoms with Gasteiger partial charge in [0.1, 0.15) is 0 Å². The van der Waals surface area contributed by atoms with Crippen molar-refractivity contribution in [1.82, 2.24) is 10.6 Å². The zero-order valence-corrected chi connectivity index (χ0v) is 20.3. The second kappa shape index (κ2) is 21.1. The first kappa shape index (κ1) is 28.9. The lowest BCUT2D eigenvalue weighted by Gasteiger charge is -2.18.